The minimum absolute atomic E-state index is 0.0880. The zero-order chi connectivity index (χ0) is 16.1. The number of benzene rings is 3. The van der Waals surface area contributed by atoms with Crippen molar-refractivity contribution in [2.24, 2.45) is 0 Å². The van der Waals surface area contributed by atoms with E-state index >= 15 is 0 Å². The van der Waals surface area contributed by atoms with E-state index in [0.717, 1.165) is 16.9 Å². The van der Waals surface area contributed by atoms with Crippen LogP contribution in [0.25, 0.3) is 0 Å². The van der Waals surface area contributed by atoms with Gasteiger partial charge in [-0.15, -0.1) is 0 Å². The fourth-order valence-corrected chi connectivity index (χ4v) is 2.71. The van der Waals surface area contributed by atoms with Gasteiger partial charge in [0.2, 0.25) is 0 Å². The largest absolute Gasteiger partial charge is 0.497 e. The standard InChI is InChI=1S/C21H18O2/c1-23-19-14-12-18(13-15-19)21(22)20(16-8-4-2-5-9-16)17-10-6-3-7-11-17/h2-15,20H,1H3. The van der Waals surface area contributed by atoms with E-state index in [-0.39, 0.29) is 11.7 Å². The van der Waals surface area contributed by atoms with Crippen molar-refractivity contribution in [3.8, 4) is 5.75 Å². The molecule has 0 saturated carbocycles. The Bertz CT molecular complexity index is 722. The van der Waals surface area contributed by atoms with Crippen molar-refractivity contribution >= 4 is 5.78 Å². The Balaban J connectivity index is 2.02. The number of carbonyl (C=O) groups excluding carboxylic acids is 1. The molecular formula is C21H18O2. The first-order chi connectivity index (χ1) is 11.3. The number of Topliss-reactive ketones (excluding diaryl/α,β-unsaturated/α-hetero) is 1. The average molecular weight is 302 g/mol. The number of methoxy groups -OCH3 is 1. The maximum atomic E-state index is 13.1. The smallest absolute Gasteiger partial charge is 0.174 e. The number of carbonyl (C=O) groups is 1. The van der Waals surface area contributed by atoms with Crippen LogP contribution in [0.5, 0.6) is 5.75 Å². The number of hydrogen-bond donors (Lipinski definition) is 0. The third-order valence-corrected chi connectivity index (χ3v) is 3.90. The van der Waals surface area contributed by atoms with Crippen LogP contribution >= 0.6 is 0 Å². The summed E-state index contributed by atoms with van der Waals surface area (Å²) in [5, 5.41) is 0. The summed E-state index contributed by atoms with van der Waals surface area (Å²) in [7, 11) is 1.62. The first-order valence-corrected chi connectivity index (χ1v) is 7.58. The monoisotopic (exact) mass is 302 g/mol. The van der Waals surface area contributed by atoms with Crippen molar-refractivity contribution in [1.82, 2.24) is 0 Å². The Morgan fingerprint density at radius 2 is 1.22 bits per heavy atom. The molecule has 0 bridgehead atoms. The predicted molar refractivity (Wildman–Crippen MR) is 92.1 cm³/mol. The van der Waals surface area contributed by atoms with Gasteiger partial charge in [-0.2, -0.15) is 0 Å². The van der Waals surface area contributed by atoms with E-state index in [1.54, 1.807) is 7.11 Å². The van der Waals surface area contributed by atoms with Crippen molar-refractivity contribution in [2.45, 2.75) is 5.92 Å². The van der Waals surface area contributed by atoms with Gasteiger partial charge in [-0.3, -0.25) is 4.79 Å². The maximum Gasteiger partial charge on any atom is 0.174 e. The van der Waals surface area contributed by atoms with Crippen LogP contribution in [0.1, 0.15) is 27.4 Å². The van der Waals surface area contributed by atoms with Crippen LogP contribution < -0.4 is 4.74 Å². The predicted octanol–water partition coefficient (Wildman–Crippen LogP) is 4.71. The molecule has 3 aromatic carbocycles. The molecular weight excluding hydrogens is 284 g/mol. The molecule has 2 heteroatoms. The molecule has 0 aliphatic heterocycles. The third kappa shape index (κ3) is 3.32. The molecule has 2 nitrogen and oxygen atoms in total. The number of rotatable bonds is 5. The van der Waals surface area contributed by atoms with Crippen molar-refractivity contribution in [3.63, 3.8) is 0 Å². The average Bonchev–Trinajstić information content (AvgIpc) is 2.64. The second kappa shape index (κ2) is 6.93. The molecule has 0 saturated heterocycles. The topological polar surface area (TPSA) is 26.3 Å². The minimum atomic E-state index is -0.300. The lowest BCUT2D eigenvalue weighted by molar-refractivity contribution is 0.0974. The Kier molecular flexibility index (Phi) is 4.53. The molecule has 0 aliphatic rings. The summed E-state index contributed by atoms with van der Waals surface area (Å²) in [6.45, 7) is 0. The van der Waals surface area contributed by atoms with E-state index in [1.807, 2.05) is 84.9 Å². The molecule has 0 heterocycles. The van der Waals surface area contributed by atoms with Crippen LogP contribution in [0.15, 0.2) is 84.9 Å². The van der Waals surface area contributed by atoms with Crippen LogP contribution in [-0.4, -0.2) is 12.9 Å². The Morgan fingerprint density at radius 1 is 0.739 bits per heavy atom. The Morgan fingerprint density at radius 3 is 1.65 bits per heavy atom. The van der Waals surface area contributed by atoms with E-state index in [1.165, 1.54) is 0 Å². The molecule has 0 N–H and O–H groups in total. The molecule has 3 rings (SSSR count). The van der Waals surface area contributed by atoms with E-state index in [4.69, 9.17) is 4.74 Å². The summed E-state index contributed by atoms with van der Waals surface area (Å²) in [5.41, 5.74) is 2.68. The quantitative estimate of drug-likeness (QED) is 0.638. The molecule has 3 aromatic rings. The minimum Gasteiger partial charge on any atom is -0.497 e. The molecule has 23 heavy (non-hydrogen) atoms. The summed E-state index contributed by atoms with van der Waals surface area (Å²) in [6.07, 6.45) is 0. The molecule has 0 spiro atoms. The van der Waals surface area contributed by atoms with Gasteiger partial charge < -0.3 is 4.74 Å². The number of ether oxygens (including phenoxy) is 1. The van der Waals surface area contributed by atoms with Crippen LogP contribution in [0.2, 0.25) is 0 Å². The lowest BCUT2D eigenvalue weighted by Crippen LogP contribution is -2.14. The van der Waals surface area contributed by atoms with Gasteiger partial charge in [0.15, 0.2) is 5.78 Å². The van der Waals surface area contributed by atoms with Gasteiger partial charge in [0.25, 0.3) is 0 Å². The van der Waals surface area contributed by atoms with Gasteiger partial charge in [0.1, 0.15) is 5.75 Å². The van der Waals surface area contributed by atoms with Crippen molar-refractivity contribution in [1.29, 1.82) is 0 Å². The van der Waals surface area contributed by atoms with Crippen LogP contribution in [-0.2, 0) is 0 Å². The second-order valence-electron chi connectivity index (χ2n) is 5.35. The van der Waals surface area contributed by atoms with Crippen LogP contribution in [0.3, 0.4) is 0 Å². The highest BCUT2D eigenvalue weighted by Crippen LogP contribution is 2.29. The molecule has 0 unspecified atom stereocenters. The summed E-state index contributed by atoms with van der Waals surface area (Å²) in [6, 6.07) is 27.1. The van der Waals surface area contributed by atoms with Gasteiger partial charge >= 0.3 is 0 Å². The van der Waals surface area contributed by atoms with Gasteiger partial charge in [-0.05, 0) is 35.4 Å². The molecule has 0 aliphatic carbocycles. The molecule has 0 aromatic heterocycles. The van der Waals surface area contributed by atoms with Crippen molar-refractivity contribution in [3.05, 3.63) is 102 Å². The molecule has 0 amide bonds. The third-order valence-electron chi connectivity index (χ3n) is 3.90. The van der Waals surface area contributed by atoms with Crippen LogP contribution in [0.4, 0.5) is 0 Å². The molecule has 114 valence electrons. The Labute approximate surface area is 136 Å². The van der Waals surface area contributed by atoms with Crippen molar-refractivity contribution < 1.29 is 9.53 Å². The second-order valence-corrected chi connectivity index (χ2v) is 5.35. The highest BCUT2D eigenvalue weighted by molar-refractivity contribution is 6.03. The van der Waals surface area contributed by atoms with Gasteiger partial charge in [0, 0.05) is 5.56 Å². The normalized spacial score (nSPS) is 10.5. The van der Waals surface area contributed by atoms with E-state index in [2.05, 4.69) is 0 Å². The molecule has 0 radical (unpaired) electrons. The highest BCUT2D eigenvalue weighted by atomic mass is 16.5. The summed E-state index contributed by atoms with van der Waals surface area (Å²) < 4.78 is 5.17. The highest BCUT2D eigenvalue weighted by Gasteiger charge is 2.23. The first-order valence-electron chi connectivity index (χ1n) is 7.58. The fourth-order valence-electron chi connectivity index (χ4n) is 2.71. The molecule has 0 atom stereocenters. The zero-order valence-electron chi connectivity index (χ0n) is 13.0. The van der Waals surface area contributed by atoms with Crippen molar-refractivity contribution in [2.75, 3.05) is 7.11 Å². The number of ketones is 1. The Hall–Kier alpha value is -2.87. The van der Waals surface area contributed by atoms with Gasteiger partial charge in [-0.25, -0.2) is 0 Å². The van der Waals surface area contributed by atoms with Gasteiger partial charge in [-0.1, -0.05) is 60.7 Å². The first kappa shape index (κ1) is 15.0. The van der Waals surface area contributed by atoms with E-state index in [9.17, 15) is 4.79 Å². The summed E-state index contributed by atoms with van der Waals surface area (Å²) in [5.74, 6) is 0.536. The maximum absolute atomic E-state index is 13.1. The molecule has 0 fully saturated rings. The SMILES string of the molecule is COc1ccc(C(=O)C(c2ccccc2)c2ccccc2)cc1. The lowest BCUT2D eigenvalue weighted by atomic mass is 9.85. The van der Waals surface area contributed by atoms with Gasteiger partial charge in [0.05, 0.1) is 13.0 Å². The van der Waals surface area contributed by atoms with Crippen LogP contribution in [0, 0.1) is 0 Å². The zero-order valence-corrected chi connectivity index (χ0v) is 13.0. The van der Waals surface area contributed by atoms with E-state index < -0.39 is 0 Å². The summed E-state index contributed by atoms with van der Waals surface area (Å²) >= 11 is 0. The summed E-state index contributed by atoms with van der Waals surface area (Å²) in [4.78, 5) is 13.1. The fraction of sp³-hybridized carbons (Fsp3) is 0.0952. The van der Waals surface area contributed by atoms with E-state index in [0.29, 0.717) is 5.56 Å². The number of hydrogen-bond acceptors (Lipinski definition) is 2. The lowest BCUT2D eigenvalue weighted by Gasteiger charge is -2.17.